The van der Waals surface area contributed by atoms with E-state index in [4.69, 9.17) is 19.5 Å². The molecular weight excluding hydrogens is 743 g/mol. The lowest BCUT2D eigenvalue weighted by Gasteiger charge is -2.40. The predicted molar refractivity (Wildman–Crippen MR) is 183 cm³/mol. The number of thioether (sulfide) groups is 1. The second kappa shape index (κ2) is 17.4. The van der Waals surface area contributed by atoms with Crippen molar-refractivity contribution in [2.75, 3.05) is 13.2 Å². The molecule has 53 heavy (non-hydrogen) atoms. The van der Waals surface area contributed by atoms with Crippen LogP contribution in [0.25, 0.3) is 6.08 Å². The van der Waals surface area contributed by atoms with Gasteiger partial charge in [0.2, 0.25) is 0 Å². The first-order valence-corrected chi connectivity index (χ1v) is 18.2. The lowest BCUT2D eigenvalue weighted by Crippen LogP contribution is -2.47. The van der Waals surface area contributed by atoms with Crippen LogP contribution in [0.3, 0.4) is 0 Å². The molecule has 2 atom stereocenters. The fourth-order valence-electron chi connectivity index (χ4n) is 5.38. The van der Waals surface area contributed by atoms with Gasteiger partial charge in [-0.2, -0.15) is 10.4 Å². The zero-order valence-corrected chi connectivity index (χ0v) is 29.4. The first-order valence-electron chi connectivity index (χ1n) is 15.7. The molecular formula is C35H31F4N4O8PS. The van der Waals surface area contributed by atoms with Crippen LogP contribution in [0.1, 0.15) is 39.5 Å². The summed E-state index contributed by atoms with van der Waals surface area (Å²) in [7, 11) is -5.04. The Bertz CT molecular complexity index is 2070. The molecule has 1 saturated heterocycles. The number of ether oxygens (including phenoxy) is 3. The smallest absolute Gasteiger partial charge is 0.447 e. The third-order valence-electron chi connectivity index (χ3n) is 7.93. The SMILES string of the molecule is C[C@@H](SC1COC(/C=C/C=C/c2ccc(C#N)cc2F)OC1)[C@@](Cn1cncn1)(OC(=O)c1ccc(F)cc1COP(=O)(O)O)c1ccc(F)cc1F. The predicted octanol–water partition coefficient (Wildman–Crippen LogP) is 6.20. The molecule has 278 valence electrons. The molecule has 3 aromatic carbocycles. The monoisotopic (exact) mass is 774 g/mol. The highest BCUT2D eigenvalue weighted by molar-refractivity contribution is 8.00. The topological polar surface area (TPSA) is 166 Å². The highest BCUT2D eigenvalue weighted by Crippen LogP contribution is 2.43. The van der Waals surface area contributed by atoms with Gasteiger partial charge in [0.25, 0.3) is 0 Å². The fraction of sp³-hybridized carbons (Fsp3) is 0.257. The molecule has 1 aliphatic rings. The summed E-state index contributed by atoms with van der Waals surface area (Å²) in [6, 6.07) is 11.5. The molecule has 12 nitrogen and oxygen atoms in total. The van der Waals surface area contributed by atoms with Crippen LogP contribution in [0.2, 0.25) is 0 Å². The van der Waals surface area contributed by atoms with Crippen molar-refractivity contribution in [2.24, 2.45) is 0 Å². The first kappa shape index (κ1) is 39.5. The number of phosphoric acid groups is 1. The van der Waals surface area contributed by atoms with Crippen molar-refractivity contribution in [3.8, 4) is 6.07 Å². The van der Waals surface area contributed by atoms with E-state index in [-0.39, 0.29) is 47.6 Å². The maximum atomic E-state index is 15.8. The molecule has 0 amide bonds. The summed E-state index contributed by atoms with van der Waals surface area (Å²) in [6.45, 7) is 0.681. The highest BCUT2D eigenvalue weighted by Gasteiger charge is 2.47. The van der Waals surface area contributed by atoms with Crippen molar-refractivity contribution in [2.45, 2.75) is 42.5 Å². The van der Waals surface area contributed by atoms with Crippen molar-refractivity contribution in [3.05, 3.63) is 137 Å². The second-order valence-electron chi connectivity index (χ2n) is 11.6. The van der Waals surface area contributed by atoms with Crippen LogP contribution in [0.15, 0.2) is 85.5 Å². The molecule has 2 N–H and O–H groups in total. The fourth-order valence-corrected chi connectivity index (χ4v) is 7.05. The highest BCUT2D eigenvalue weighted by atomic mass is 32.2. The van der Waals surface area contributed by atoms with Gasteiger partial charge < -0.3 is 24.0 Å². The number of hydrogen-bond acceptors (Lipinski definition) is 10. The Morgan fingerprint density at radius 1 is 1.09 bits per heavy atom. The Morgan fingerprint density at radius 2 is 1.83 bits per heavy atom. The third-order valence-corrected chi connectivity index (χ3v) is 9.84. The molecule has 2 heterocycles. The van der Waals surface area contributed by atoms with Gasteiger partial charge in [0.1, 0.15) is 35.9 Å². The van der Waals surface area contributed by atoms with Gasteiger partial charge in [-0.05, 0) is 61.0 Å². The van der Waals surface area contributed by atoms with E-state index in [2.05, 4.69) is 14.6 Å². The Kier molecular flexibility index (Phi) is 13.0. The number of hydrogen-bond donors (Lipinski definition) is 2. The summed E-state index contributed by atoms with van der Waals surface area (Å²) >= 11 is 1.21. The molecule has 1 fully saturated rings. The number of nitrogens with zero attached hydrogens (tertiary/aromatic N) is 4. The van der Waals surface area contributed by atoms with Crippen molar-refractivity contribution < 1.29 is 55.4 Å². The quantitative estimate of drug-likeness (QED) is 0.0646. The summed E-state index contributed by atoms with van der Waals surface area (Å²) in [5.74, 6) is -4.47. The number of carbonyl (C=O) groups excluding carboxylic acids is 1. The van der Waals surface area contributed by atoms with E-state index in [0.29, 0.717) is 6.07 Å². The van der Waals surface area contributed by atoms with Crippen LogP contribution in [0.4, 0.5) is 17.6 Å². The first-order chi connectivity index (χ1) is 25.3. The van der Waals surface area contributed by atoms with Gasteiger partial charge in [-0.1, -0.05) is 24.3 Å². The van der Waals surface area contributed by atoms with Gasteiger partial charge in [-0.25, -0.2) is 36.6 Å². The number of carbonyl (C=O) groups is 1. The average molecular weight is 775 g/mol. The summed E-state index contributed by atoms with van der Waals surface area (Å²) in [5, 5.41) is 11.7. The zero-order chi connectivity index (χ0) is 38.2. The van der Waals surface area contributed by atoms with Gasteiger partial charge >= 0.3 is 13.8 Å². The third kappa shape index (κ3) is 10.5. The van der Waals surface area contributed by atoms with Crippen LogP contribution in [-0.4, -0.2) is 60.5 Å². The molecule has 0 spiro atoms. The molecule has 4 aromatic rings. The average Bonchev–Trinajstić information content (AvgIpc) is 3.62. The number of benzene rings is 3. The normalized spacial score (nSPS) is 18.2. The lowest BCUT2D eigenvalue weighted by molar-refractivity contribution is -0.146. The molecule has 1 aromatic heterocycles. The van der Waals surface area contributed by atoms with E-state index < -0.39 is 66.1 Å². The molecule has 1 aliphatic heterocycles. The van der Waals surface area contributed by atoms with E-state index in [0.717, 1.165) is 36.4 Å². The van der Waals surface area contributed by atoms with Gasteiger partial charge in [-0.15, -0.1) is 11.8 Å². The Morgan fingerprint density at radius 3 is 2.49 bits per heavy atom. The molecule has 0 bridgehead atoms. The number of phosphoric ester groups is 1. The van der Waals surface area contributed by atoms with Gasteiger partial charge in [0, 0.05) is 22.4 Å². The van der Waals surface area contributed by atoms with E-state index in [1.807, 2.05) is 6.07 Å². The van der Waals surface area contributed by atoms with Crippen LogP contribution in [0.5, 0.6) is 0 Å². The van der Waals surface area contributed by atoms with Gasteiger partial charge in [0.05, 0.1) is 48.8 Å². The Labute approximate surface area is 304 Å². The molecule has 0 saturated carbocycles. The maximum Gasteiger partial charge on any atom is 0.469 e. The van der Waals surface area contributed by atoms with Crippen molar-refractivity contribution >= 4 is 31.6 Å². The summed E-state index contributed by atoms with van der Waals surface area (Å²) in [6.07, 6.45) is 8.03. The second-order valence-corrected chi connectivity index (χ2v) is 14.5. The minimum absolute atomic E-state index is 0.124. The van der Waals surface area contributed by atoms with Crippen LogP contribution in [0, 0.1) is 34.6 Å². The summed E-state index contributed by atoms with van der Waals surface area (Å²) in [5.41, 5.74) is -2.32. The molecule has 0 unspecified atom stereocenters. The van der Waals surface area contributed by atoms with Crippen molar-refractivity contribution in [1.82, 2.24) is 14.8 Å². The maximum absolute atomic E-state index is 15.8. The molecule has 18 heteroatoms. The Balaban J connectivity index is 1.39. The molecule has 0 aliphatic carbocycles. The van der Waals surface area contributed by atoms with Crippen molar-refractivity contribution in [3.63, 3.8) is 0 Å². The number of halogens is 4. The van der Waals surface area contributed by atoms with Crippen LogP contribution >= 0.6 is 19.6 Å². The zero-order valence-electron chi connectivity index (χ0n) is 27.7. The van der Waals surface area contributed by atoms with E-state index in [9.17, 15) is 32.3 Å². The molecule has 5 rings (SSSR count). The van der Waals surface area contributed by atoms with Crippen molar-refractivity contribution in [1.29, 1.82) is 5.26 Å². The number of rotatable bonds is 14. The Hall–Kier alpha value is -4.66. The van der Waals surface area contributed by atoms with E-state index >= 15 is 4.39 Å². The standard InChI is InChI=1S/C35H31F4N4O8PS/c1-22(53-28-17-48-33(49-18-28)5-3-2-4-24-7-6-23(15-40)12-31(24)38)35(19-43-21-41-20-42-43,30-11-9-27(37)14-32(30)39)51-34(44)29-10-8-26(36)13-25(29)16-50-52(45,46)47/h2-14,20-22,28,33H,16-19H2,1H3,(H2,45,46,47)/b4-2+,5-3+/t22-,28?,33?,35-/m1/s1. The number of aromatic nitrogens is 3. The van der Waals surface area contributed by atoms with Crippen LogP contribution < -0.4 is 0 Å². The summed E-state index contributed by atoms with van der Waals surface area (Å²) < 4.78 is 93.4. The number of esters is 1. The van der Waals surface area contributed by atoms with E-state index in [1.54, 1.807) is 25.2 Å². The van der Waals surface area contributed by atoms with Gasteiger partial charge in [0.15, 0.2) is 11.9 Å². The van der Waals surface area contributed by atoms with Crippen LogP contribution in [-0.2, 0) is 42.1 Å². The number of allylic oxidation sites excluding steroid dienone is 2. The number of nitriles is 1. The van der Waals surface area contributed by atoms with Gasteiger partial charge in [-0.3, -0.25) is 4.52 Å². The van der Waals surface area contributed by atoms with E-state index in [1.165, 1.54) is 47.3 Å². The lowest BCUT2D eigenvalue weighted by atomic mass is 9.89. The largest absolute Gasteiger partial charge is 0.469 e. The molecule has 0 radical (unpaired) electrons. The minimum atomic E-state index is -5.04. The summed E-state index contributed by atoms with van der Waals surface area (Å²) in [4.78, 5) is 36.3. The minimum Gasteiger partial charge on any atom is -0.447 e.